The van der Waals surface area contributed by atoms with Crippen LogP contribution in [-0.2, 0) is 4.79 Å². The molecular formula is C21H19N5O2. The Balaban J connectivity index is 1.55. The maximum Gasteiger partial charge on any atom is 0.226 e. The molecule has 0 amide bonds. The fourth-order valence-electron chi connectivity index (χ4n) is 4.11. The molecule has 1 aromatic carbocycles. The molecule has 3 heterocycles. The average Bonchev–Trinajstić information content (AvgIpc) is 3.21. The Hall–Kier alpha value is -3.48. The van der Waals surface area contributed by atoms with Crippen molar-refractivity contribution >= 4 is 11.7 Å². The summed E-state index contributed by atoms with van der Waals surface area (Å²) in [4.78, 5) is 21.8. The summed E-state index contributed by atoms with van der Waals surface area (Å²) in [5, 5.41) is 7.69. The molecule has 0 bridgehead atoms. The van der Waals surface area contributed by atoms with Crippen LogP contribution in [0.3, 0.4) is 0 Å². The molecule has 7 nitrogen and oxygen atoms in total. The van der Waals surface area contributed by atoms with Crippen LogP contribution in [0.25, 0.3) is 0 Å². The molecule has 2 atom stereocenters. The number of nitrogens with one attached hydrogen (secondary N) is 1. The standard InChI is InChI=1S/C21H19N5O2/c1-28-16-6-4-13(5-7-16)15-9-17-19(18(27)10-15)20(14-3-2-8-22-11-14)26-21(25-17)23-12-24-26/h2-8,11-12,15,20H,9-10H2,1H3,(H,23,24,25)/t15-,20+/m1/s1. The Morgan fingerprint density at radius 1 is 1.14 bits per heavy atom. The number of Topliss-reactive ketones (excluding diaryl/α,β-unsaturated/α-hetero) is 1. The van der Waals surface area contributed by atoms with E-state index in [9.17, 15) is 4.79 Å². The molecule has 5 rings (SSSR count). The van der Waals surface area contributed by atoms with Crippen molar-refractivity contribution in [2.45, 2.75) is 24.8 Å². The number of allylic oxidation sites excluding steroid dienone is 2. The Labute approximate surface area is 162 Å². The summed E-state index contributed by atoms with van der Waals surface area (Å²) >= 11 is 0. The zero-order chi connectivity index (χ0) is 19.1. The summed E-state index contributed by atoms with van der Waals surface area (Å²) in [5.74, 6) is 1.71. The van der Waals surface area contributed by atoms with Crippen LogP contribution in [0, 0.1) is 0 Å². The number of anilines is 1. The first-order chi connectivity index (χ1) is 13.7. The minimum Gasteiger partial charge on any atom is -0.497 e. The number of aromatic nitrogens is 4. The minimum atomic E-state index is -0.299. The SMILES string of the molecule is COc1ccc([C@H]2CC(=O)C3=C(C2)Nc2ncnn2[C@H]3c2cccnc2)cc1. The van der Waals surface area contributed by atoms with E-state index in [4.69, 9.17) is 4.74 Å². The van der Waals surface area contributed by atoms with E-state index in [1.807, 2.05) is 36.4 Å². The zero-order valence-electron chi connectivity index (χ0n) is 15.4. The van der Waals surface area contributed by atoms with Gasteiger partial charge in [-0.3, -0.25) is 9.78 Å². The van der Waals surface area contributed by atoms with Crippen LogP contribution in [-0.4, -0.2) is 32.6 Å². The molecule has 1 aliphatic carbocycles. The lowest BCUT2D eigenvalue weighted by Gasteiger charge is -2.35. The summed E-state index contributed by atoms with van der Waals surface area (Å²) in [6.07, 6.45) is 6.24. The van der Waals surface area contributed by atoms with Crippen LogP contribution < -0.4 is 10.1 Å². The summed E-state index contributed by atoms with van der Waals surface area (Å²) in [6.45, 7) is 0. The second-order valence-electron chi connectivity index (χ2n) is 7.04. The highest BCUT2D eigenvalue weighted by atomic mass is 16.5. The second-order valence-corrected chi connectivity index (χ2v) is 7.04. The van der Waals surface area contributed by atoms with Gasteiger partial charge in [-0.05, 0) is 41.7 Å². The van der Waals surface area contributed by atoms with Gasteiger partial charge in [0.15, 0.2) is 5.78 Å². The van der Waals surface area contributed by atoms with Crippen molar-refractivity contribution in [1.82, 2.24) is 19.7 Å². The molecule has 1 N–H and O–H groups in total. The molecule has 7 heteroatoms. The molecular weight excluding hydrogens is 354 g/mol. The second kappa shape index (κ2) is 6.60. The lowest BCUT2D eigenvalue weighted by atomic mass is 9.78. The summed E-state index contributed by atoms with van der Waals surface area (Å²) in [6, 6.07) is 11.5. The van der Waals surface area contributed by atoms with Crippen molar-refractivity contribution in [2.24, 2.45) is 0 Å². The highest BCUT2D eigenvalue weighted by molar-refractivity contribution is 6.00. The molecule has 0 saturated carbocycles. The van der Waals surface area contributed by atoms with E-state index in [0.717, 1.165) is 34.6 Å². The van der Waals surface area contributed by atoms with Gasteiger partial charge >= 0.3 is 0 Å². The number of methoxy groups -OCH3 is 1. The van der Waals surface area contributed by atoms with Crippen molar-refractivity contribution in [3.05, 3.63) is 77.5 Å². The van der Waals surface area contributed by atoms with Crippen LogP contribution in [0.15, 0.2) is 66.4 Å². The third-order valence-corrected chi connectivity index (χ3v) is 5.45. The van der Waals surface area contributed by atoms with E-state index in [1.54, 1.807) is 24.2 Å². The Kier molecular flexibility index (Phi) is 3.93. The van der Waals surface area contributed by atoms with Gasteiger partial charge in [-0.2, -0.15) is 10.1 Å². The van der Waals surface area contributed by atoms with Gasteiger partial charge in [-0.15, -0.1) is 0 Å². The maximum atomic E-state index is 13.2. The number of rotatable bonds is 3. The average molecular weight is 373 g/mol. The number of fused-ring (bicyclic) bond motifs is 1. The first-order valence-electron chi connectivity index (χ1n) is 9.21. The fourth-order valence-corrected chi connectivity index (χ4v) is 4.11. The molecule has 0 saturated heterocycles. The number of ketones is 1. The third kappa shape index (κ3) is 2.67. The topological polar surface area (TPSA) is 81.9 Å². The molecule has 0 radical (unpaired) electrons. The van der Waals surface area contributed by atoms with E-state index in [-0.39, 0.29) is 17.7 Å². The van der Waals surface area contributed by atoms with Crippen LogP contribution in [0.5, 0.6) is 5.75 Å². The number of hydrogen-bond donors (Lipinski definition) is 1. The van der Waals surface area contributed by atoms with Gasteiger partial charge in [0, 0.05) is 30.1 Å². The van der Waals surface area contributed by atoms with Gasteiger partial charge in [-0.1, -0.05) is 18.2 Å². The van der Waals surface area contributed by atoms with E-state index in [0.29, 0.717) is 12.4 Å². The van der Waals surface area contributed by atoms with Crippen LogP contribution in [0.4, 0.5) is 5.95 Å². The molecule has 3 aromatic rings. The molecule has 2 aromatic heterocycles. The van der Waals surface area contributed by atoms with E-state index in [2.05, 4.69) is 20.4 Å². The normalized spacial score (nSPS) is 21.0. The van der Waals surface area contributed by atoms with Crippen molar-refractivity contribution in [2.75, 3.05) is 12.4 Å². The molecule has 0 unspecified atom stereocenters. The smallest absolute Gasteiger partial charge is 0.226 e. The number of pyridine rings is 1. The van der Waals surface area contributed by atoms with Crippen LogP contribution in [0.1, 0.15) is 35.9 Å². The highest BCUT2D eigenvalue weighted by Crippen LogP contribution is 2.43. The zero-order valence-corrected chi connectivity index (χ0v) is 15.4. The summed E-state index contributed by atoms with van der Waals surface area (Å²) in [5.41, 5.74) is 3.74. The van der Waals surface area contributed by atoms with Crippen molar-refractivity contribution < 1.29 is 9.53 Å². The number of nitrogens with zero attached hydrogens (tertiary/aromatic N) is 4. The molecule has 0 spiro atoms. The predicted octanol–water partition coefficient (Wildman–Crippen LogP) is 3.10. The van der Waals surface area contributed by atoms with Gasteiger partial charge < -0.3 is 10.1 Å². The predicted molar refractivity (Wildman–Crippen MR) is 103 cm³/mol. The van der Waals surface area contributed by atoms with E-state index in [1.165, 1.54) is 6.33 Å². The number of ether oxygens (including phenoxy) is 1. The molecule has 28 heavy (non-hydrogen) atoms. The quantitative estimate of drug-likeness (QED) is 0.760. The van der Waals surface area contributed by atoms with Gasteiger partial charge in [0.25, 0.3) is 0 Å². The molecule has 0 fully saturated rings. The summed E-state index contributed by atoms with van der Waals surface area (Å²) in [7, 11) is 1.65. The third-order valence-electron chi connectivity index (χ3n) is 5.45. The lowest BCUT2D eigenvalue weighted by Crippen LogP contribution is -2.33. The first-order valence-corrected chi connectivity index (χ1v) is 9.21. The van der Waals surface area contributed by atoms with Gasteiger partial charge in [0.1, 0.15) is 18.1 Å². The van der Waals surface area contributed by atoms with Gasteiger partial charge in [0.2, 0.25) is 5.95 Å². The van der Waals surface area contributed by atoms with Gasteiger partial charge in [-0.25, -0.2) is 4.68 Å². The Morgan fingerprint density at radius 2 is 2.00 bits per heavy atom. The molecule has 2 aliphatic rings. The maximum absolute atomic E-state index is 13.2. The van der Waals surface area contributed by atoms with Crippen LogP contribution >= 0.6 is 0 Å². The van der Waals surface area contributed by atoms with Crippen LogP contribution in [0.2, 0.25) is 0 Å². The van der Waals surface area contributed by atoms with Crippen molar-refractivity contribution in [1.29, 1.82) is 0 Å². The minimum absolute atomic E-state index is 0.119. The van der Waals surface area contributed by atoms with E-state index >= 15 is 0 Å². The largest absolute Gasteiger partial charge is 0.497 e. The number of hydrogen-bond acceptors (Lipinski definition) is 6. The Morgan fingerprint density at radius 3 is 2.75 bits per heavy atom. The number of carbonyl (C=O) groups is 1. The molecule has 1 aliphatic heterocycles. The Bertz CT molecular complexity index is 1060. The number of carbonyl (C=O) groups excluding carboxylic acids is 1. The monoisotopic (exact) mass is 373 g/mol. The first kappa shape index (κ1) is 16.7. The van der Waals surface area contributed by atoms with Crippen molar-refractivity contribution in [3.8, 4) is 5.75 Å². The summed E-state index contributed by atoms with van der Waals surface area (Å²) < 4.78 is 7.01. The lowest BCUT2D eigenvalue weighted by molar-refractivity contribution is -0.116. The number of benzene rings is 1. The fraction of sp³-hybridized carbons (Fsp3) is 0.238. The molecule has 140 valence electrons. The highest BCUT2D eigenvalue weighted by Gasteiger charge is 2.39. The van der Waals surface area contributed by atoms with Gasteiger partial charge in [0.05, 0.1) is 7.11 Å². The van der Waals surface area contributed by atoms with E-state index < -0.39 is 0 Å². The van der Waals surface area contributed by atoms with Crippen molar-refractivity contribution in [3.63, 3.8) is 0 Å².